The van der Waals surface area contributed by atoms with Crippen LogP contribution in [0.5, 0.6) is 0 Å². The molecule has 0 bridgehead atoms. The number of ether oxygens (including phenoxy) is 1. The van der Waals surface area contributed by atoms with Crippen LogP contribution in [-0.4, -0.2) is 53.5 Å². The summed E-state index contributed by atoms with van der Waals surface area (Å²) in [4.78, 5) is 24.4. The molecule has 2 fully saturated rings. The summed E-state index contributed by atoms with van der Waals surface area (Å²) in [6, 6.07) is -0.659. The molecule has 1 N–H and O–H groups in total. The minimum atomic E-state index is -3.08. The lowest BCUT2D eigenvalue weighted by molar-refractivity contribution is -0.208. The molecule has 0 aromatic carbocycles. The summed E-state index contributed by atoms with van der Waals surface area (Å²) in [5, 5.41) is 2.52. The average Bonchev–Trinajstić information content (AvgIpc) is 2.76. The molecule has 120 valence electrons. The van der Waals surface area contributed by atoms with Gasteiger partial charge in [-0.3, -0.25) is 9.59 Å². The molecule has 2 heterocycles. The van der Waals surface area contributed by atoms with Crippen molar-refractivity contribution in [2.45, 2.75) is 63.7 Å². The van der Waals surface area contributed by atoms with Gasteiger partial charge in [0, 0.05) is 13.0 Å². The van der Waals surface area contributed by atoms with Gasteiger partial charge in [-0.05, 0) is 33.6 Å². The van der Waals surface area contributed by atoms with Crippen molar-refractivity contribution < 1.29 is 23.1 Å². The van der Waals surface area contributed by atoms with Gasteiger partial charge in [-0.25, -0.2) is 8.78 Å². The quantitative estimate of drug-likeness (QED) is 0.837. The maximum absolute atomic E-state index is 14.2. The molecule has 0 unspecified atom stereocenters. The van der Waals surface area contributed by atoms with Crippen LogP contribution in [0.15, 0.2) is 0 Å². The van der Waals surface area contributed by atoms with Crippen molar-refractivity contribution in [3.05, 3.63) is 0 Å². The summed E-state index contributed by atoms with van der Waals surface area (Å²) in [6.45, 7) is 4.76. The summed E-state index contributed by atoms with van der Waals surface area (Å²) in [6.07, 6.45) is -0.436. The first kappa shape index (κ1) is 16.1. The number of nitrogens with zero attached hydrogens (tertiary/aromatic N) is 1. The van der Waals surface area contributed by atoms with Crippen LogP contribution >= 0.6 is 0 Å². The molecule has 0 saturated carbocycles. The predicted octanol–water partition coefficient (Wildman–Crippen LogP) is 1.32. The first-order valence-corrected chi connectivity index (χ1v) is 7.22. The average molecular weight is 304 g/mol. The van der Waals surface area contributed by atoms with Crippen LogP contribution in [0.4, 0.5) is 8.78 Å². The SMILES string of the molecule is CC(C)(C)O[C@H]1CCN(C(=O)[C@@H]2CCC(=O)N2)CC1(F)F. The minimum Gasteiger partial charge on any atom is -0.366 e. The van der Waals surface area contributed by atoms with Gasteiger partial charge in [-0.15, -0.1) is 0 Å². The van der Waals surface area contributed by atoms with Crippen molar-refractivity contribution in [2.24, 2.45) is 0 Å². The smallest absolute Gasteiger partial charge is 0.290 e. The number of piperidine rings is 1. The Labute approximate surface area is 123 Å². The monoisotopic (exact) mass is 304 g/mol. The predicted molar refractivity (Wildman–Crippen MR) is 71.9 cm³/mol. The van der Waals surface area contributed by atoms with Crippen LogP contribution in [0, 0.1) is 0 Å². The van der Waals surface area contributed by atoms with E-state index in [1.165, 1.54) is 0 Å². The van der Waals surface area contributed by atoms with Crippen LogP contribution in [0.1, 0.15) is 40.0 Å². The summed E-state index contributed by atoms with van der Waals surface area (Å²) in [7, 11) is 0. The van der Waals surface area contributed by atoms with Crippen LogP contribution in [0.2, 0.25) is 0 Å². The van der Waals surface area contributed by atoms with Gasteiger partial charge >= 0.3 is 0 Å². The number of rotatable bonds is 2. The van der Waals surface area contributed by atoms with Crippen LogP contribution in [0.3, 0.4) is 0 Å². The third-order valence-electron chi connectivity index (χ3n) is 3.63. The standard InChI is InChI=1S/C14H22F2N2O3/c1-13(2,3)21-10-6-7-18(8-14(10,15)16)12(20)9-4-5-11(19)17-9/h9-10H,4-8H2,1-3H3,(H,17,19)/t9-,10-/m0/s1. The van der Waals surface area contributed by atoms with E-state index in [0.717, 1.165) is 4.90 Å². The zero-order chi connectivity index (χ0) is 15.8. The van der Waals surface area contributed by atoms with Crippen LogP contribution in [-0.2, 0) is 14.3 Å². The molecule has 0 aromatic rings. The Kier molecular flexibility index (Phi) is 4.24. The van der Waals surface area contributed by atoms with Gasteiger partial charge < -0.3 is 15.0 Å². The first-order valence-electron chi connectivity index (χ1n) is 7.22. The molecule has 2 aliphatic heterocycles. The zero-order valence-electron chi connectivity index (χ0n) is 12.6. The highest BCUT2D eigenvalue weighted by atomic mass is 19.3. The Balaban J connectivity index is 1.98. The lowest BCUT2D eigenvalue weighted by Gasteiger charge is -2.41. The van der Waals surface area contributed by atoms with Gasteiger partial charge in [-0.2, -0.15) is 0 Å². The molecule has 7 heteroatoms. The van der Waals surface area contributed by atoms with E-state index in [2.05, 4.69) is 5.32 Å². The van der Waals surface area contributed by atoms with Crippen molar-refractivity contribution in [1.29, 1.82) is 0 Å². The Hall–Kier alpha value is -1.24. The topological polar surface area (TPSA) is 58.6 Å². The fourth-order valence-electron chi connectivity index (χ4n) is 2.70. The summed E-state index contributed by atoms with van der Waals surface area (Å²) in [5.74, 6) is -3.70. The van der Waals surface area contributed by atoms with E-state index in [4.69, 9.17) is 4.74 Å². The highest BCUT2D eigenvalue weighted by Crippen LogP contribution is 2.33. The molecule has 21 heavy (non-hydrogen) atoms. The number of likely N-dealkylation sites (tertiary alicyclic amines) is 1. The molecule has 2 amide bonds. The maximum atomic E-state index is 14.2. The second kappa shape index (κ2) is 5.51. The van der Waals surface area contributed by atoms with Crippen molar-refractivity contribution in [3.8, 4) is 0 Å². The highest BCUT2D eigenvalue weighted by molar-refractivity contribution is 5.90. The van der Waals surface area contributed by atoms with Crippen LogP contribution in [0.25, 0.3) is 0 Å². The van der Waals surface area contributed by atoms with E-state index in [-0.39, 0.29) is 25.3 Å². The van der Waals surface area contributed by atoms with Crippen molar-refractivity contribution in [2.75, 3.05) is 13.1 Å². The Bertz CT molecular complexity index is 434. The van der Waals surface area contributed by atoms with E-state index in [1.54, 1.807) is 20.8 Å². The van der Waals surface area contributed by atoms with Crippen LogP contribution < -0.4 is 5.32 Å². The van der Waals surface area contributed by atoms with E-state index in [1.807, 2.05) is 0 Å². The fraction of sp³-hybridized carbons (Fsp3) is 0.857. The number of carbonyl (C=O) groups excluding carboxylic acids is 2. The maximum Gasteiger partial charge on any atom is 0.290 e. The molecule has 0 radical (unpaired) electrons. The largest absolute Gasteiger partial charge is 0.366 e. The molecular formula is C14H22F2N2O3. The third kappa shape index (κ3) is 3.90. The van der Waals surface area contributed by atoms with Crippen molar-refractivity contribution in [3.63, 3.8) is 0 Å². The molecule has 2 rings (SSSR count). The van der Waals surface area contributed by atoms with E-state index in [9.17, 15) is 18.4 Å². The van der Waals surface area contributed by atoms with Gasteiger partial charge in [-0.1, -0.05) is 0 Å². The number of halogens is 2. The Morgan fingerprint density at radius 1 is 1.38 bits per heavy atom. The highest BCUT2D eigenvalue weighted by Gasteiger charge is 2.49. The molecule has 0 aliphatic carbocycles. The number of hydrogen-bond donors (Lipinski definition) is 1. The Morgan fingerprint density at radius 2 is 2.05 bits per heavy atom. The molecule has 2 aliphatic rings. The van der Waals surface area contributed by atoms with E-state index >= 15 is 0 Å². The second-order valence-corrected chi connectivity index (χ2v) is 6.69. The number of hydrogen-bond acceptors (Lipinski definition) is 3. The zero-order valence-corrected chi connectivity index (χ0v) is 12.6. The van der Waals surface area contributed by atoms with Gasteiger partial charge in [0.25, 0.3) is 5.92 Å². The van der Waals surface area contributed by atoms with Gasteiger partial charge in [0.1, 0.15) is 12.1 Å². The molecule has 0 spiro atoms. The van der Waals surface area contributed by atoms with Crippen molar-refractivity contribution in [1.82, 2.24) is 10.2 Å². The summed E-state index contributed by atoms with van der Waals surface area (Å²) < 4.78 is 33.7. The minimum absolute atomic E-state index is 0.0939. The number of carbonyl (C=O) groups is 2. The molecule has 5 nitrogen and oxygen atoms in total. The normalized spacial score (nSPS) is 29.4. The lowest BCUT2D eigenvalue weighted by atomic mass is 10.0. The van der Waals surface area contributed by atoms with Gasteiger partial charge in [0.05, 0.1) is 12.1 Å². The molecule has 2 atom stereocenters. The number of amides is 2. The lowest BCUT2D eigenvalue weighted by Crippen LogP contribution is -2.58. The summed E-state index contributed by atoms with van der Waals surface area (Å²) >= 11 is 0. The van der Waals surface area contributed by atoms with Gasteiger partial charge in [0.15, 0.2) is 0 Å². The van der Waals surface area contributed by atoms with E-state index in [0.29, 0.717) is 6.42 Å². The number of alkyl halides is 2. The molecule has 0 aromatic heterocycles. The first-order chi connectivity index (χ1) is 9.58. The van der Waals surface area contributed by atoms with E-state index < -0.39 is 36.1 Å². The molecule has 2 saturated heterocycles. The second-order valence-electron chi connectivity index (χ2n) is 6.69. The fourth-order valence-corrected chi connectivity index (χ4v) is 2.70. The third-order valence-corrected chi connectivity index (χ3v) is 3.63. The van der Waals surface area contributed by atoms with Gasteiger partial charge in [0.2, 0.25) is 11.8 Å². The Morgan fingerprint density at radius 3 is 2.52 bits per heavy atom. The molecular weight excluding hydrogens is 282 g/mol. The number of nitrogens with one attached hydrogen (secondary N) is 1. The van der Waals surface area contributed by atoms with Crippen molar-refractivity contribution >= 4 is 11.8 Å². The summed E-state index contributed by atoms with van der Waals surface area (Å²) in [5.41, 5.74) is -0.653.